The zero-order chi connectivity index (χ0) is 16.9. The molecule has 2 aromatic carbocycles. The van der Waals surface area contributed by atoms with Gasteiger partial charge in [-0.05, 0) is 29.3 Å². The summed E-state index contributed by atoms with van der Waals surface area (Å²) in [5.74, 6) is -0.0880. The molecule has 5 heteroatoms. The Bertz CT molecular complexity index is 827. The van der Waals surface area contributed by atoms with Gasteiger partial charge in [-0.2, -0.15) is 0 Å². The van der Waals surface area contributed by atoms with Gasteiger partial charge >= 0.3 is 5.97 Å². The molecule has 0 spiro atoms. The zero-order valence-electron chi connectivity index (χ0n) is 13.5. The minimum Gasteiger partial charge on any atom is -0.489 e. The first-order valence-electron chi connectivity index (χ1n) is 7.78. The Morgan fingerprint density at radius 1 is 1.21 bits per heavy atom. The average Bonchev–Trinajstić information content (AvgIpc) is 3.04. The van der Waals surface area contributed by atoms with Gasteiger partial charge in [-0.3, -0.25) is 4.79 Å². The van der Waals surface area contributed by atoms with Crippen LogP contribution in [0.4, 0.5) is 0 Å². The van der Waals surface area contributed by atoms with Crippen LogP contribution in [0, 0.1) is 0 Å². The molecule has 0 saturated heterocycles. The number of rotatable bonds is 6. The Labute approximate surface area is 140 Å². The third-order valence-corrected chi connectivity index (χ3v) is 4.03. The summed E-state index contributed by atoms with van der Waals surface area (Å²) in [5.41, 5.74) is 8.61. The van der Waals surface area contributed by atoms with Crippen LogP contribution >= 0.6 is 0 Å². The van der Waals surface area contributed by atoms with E-state index in [0.29, 0.717) is 6.61 Å². The highest BCUT2D eigenvalue weighted by molar-refractivity contribution is 5.90. The van der Waals surface area contributed by atoms with Gasteiger partial charge in [0.25, 0.3) is 0 Å². The van der Waals surface area contributed by atoms with Gasteiger partial charge in [0.15, 0.2) is 0 Å². The largest absolute Gasteiger partial charge is 0.489 e. The fraction of sp³-hybridized carbons (Fsp3) is 0.211. The molecule has 0 fully saturated rings. The quantitative estimate of drug-likeness (QED) is 0.683. The van der Waals surface area contributed by atoms with Gasteiger partial charge in [0.2, 0.25) is 0 Å². The number of nitrogens with two attached hydrogens (primary N) is 1. The normalized spacial score (nSPS) is 12.1. The Hall–Kier alpha value is -2.79. The highest BCUT2D eigenvalue weighted by atomic mass is 16.5. The van der Waals surface area contributed by atoms with Crippen LogP contribution in [0.15, 0.2) is 54.7 Å². The van der Waals surface area contributed by atoms with Crippen molar-refractivity contribution >= 4 is 16.9 Å². The van der Waals surface area contributed by atoms with Gasteiger partial charge in [0.1, 0.15) is 12.4 Å². The van der Waals surface area contributed by atoms with E-state index in [1.807, 2.05) is 48.5 Å². The molecular weight excluding hydrogens is 304 g/mol. The van der Waals surface area contributed by atoms with Crippen molar-refractivity contribution in [3.8, 4) is 5.75 Å². The molecule has 1 atom stereocenters. The number of fused-ring (bicyclic) bond motifs is 1. The lowest BCUT2D eigenvalue weighted by Gasteiger charge is -2.12. The van der Waals surface area contributed by atoms with Crippen LogP contribution in [-0.2, 0) is 16.1 Å². The van der Waals surface area contributed by atoms with E-state index in [9.17, 15) is 4.79 Å². The van der Waals surface area contributed by atoms with E-state index in [-0.39, 0.29) is 12.5 Å². The van der Waals surface area contributed by atoms with E-state index < -0.39 is 5.92 Å². The molecule has 0 radical (unpaired) electrons. The molecular formula is C19H20N2O3. The molecule has 1 unspecified atom stereocenters. The van der Waals surface area contributed by atoms with E-state index >= 15 is 0 Å². The van der Waals surface area contributed by atoms with Crippen molar-refractivity contribution in [2.45, 2.75) is 12.5 Å². The van der Waals surface area contributed by atoms with Crippen LogP contribution in [0.3, 0.4) is 0 Å². The van der Waals surface area contributed by atoms with Crippen molar-refractivity contribution in [1.29, 1.82) is 0 Å². The van der Waals surface area contributed by atoms with Crippen LogP contribution in [0.25, 0.3) is 10.9 Å². The number of ether oxygens (including phenoxy) is 2. The second-order valence-corrected chi connectivity index (χ2v) is 5.54. The van der Waals surface area contributed by atoms with Crippen LogP contribution in [0.1, 0.15) is 17.0 Å². The molecule has 0 bridgehead atoms. The predicted molar refractivity (Wildman–Crippen MR) is 92.9 cm³/mol. The fourth-order valence-corrected chi connectivity index (χ4v) is 2.73. The summed E-state index contributed by atoms with van der Waals surface area (Å²) in [6, 6.07) is 15.7. The van der Waals surface area contributed by atoms with E-state index in [2.05, 4.69) is 4.98 Å². The molecule has 0 saturated carbocycles. The van der Waals surface area contributed by atoms with Crippen LogP contribution in [0.2, 0.25) is 0 Å². The van der Waals surface area contributed by atoms with Gasteiger partial charge in [0.05, 0.1) is 13.0 Å². The first-order chi connectivity index (χ1) is 11.7. The summed E-state index contributed by atoms with van der Waals surface area (Å²) in [4.78, 5) is 15.1. The number of hydrogen-bond donors (Lipinski definition) is 2. The minimum absolute atomic E-state index is 0.189. The van der Waals surface area contributed by atoms with E-state index in [4.69, 9.17) is 15.2 Å². The standard InChI is InChI=1S/C19H20N2O3/c1-23-19(22)16(10-20)17-11-21-18-8-7-14(9-15(17)18)24-12-13-5-3-2-4-6-13/h2-9,11,16,21H,10,12,20H2,1H3. The Morgan fingerprint density at radius 3 is 2.71 bits per heavy atom. The van der Waals surface area contributed by atoms with Crippen LogP contribution < -0.4 is 10.5 Å². The molecule has 3 rings (SSSR count). The van der Waals surface area contributed by atoms with E-state index in [1.54, 1.807) is 6.20 Å². The number of carbonyl (C=O) groups excluding carboxylic acids is 1. The second kappa shape index (κ2) is 7.19. The molecule has 24 heavy (non-hydrogen) atoms. The molecule has 0 aliphatic carbocycles. The lowest BCUT2D eigenvalue weighted by Crippen LogP contribution is -2.22. The van der Waals surface area contributed by atoms with Gasteiger partial charge in [-0.25, -0.2) is 0 Å². The molecule has 3 aromatic rings. The maximum atomic E-state index is 11.9. The number of aromatic amines is 1. The Kier molecular flexibility index (Phi) is 4.82. The zero-order valence-corrected chi connectivity index (χ0v) is 13.5. The fourth-order valence-electron chi connectivity index (χ4n) is 2.73. The maximum Gasteiger partial charge on any atom is 0.314 e. The molecule has 1 aromatic heterocycles. The molecule has 3 N–H and O–H groups in total. The number of esters is 1. The summed E-state index contributed by atoms with van der Waals surface area (Å²) in [6.07, 6.45) is 1.81. The number of methoxy groups -OCH3 is 1. The number of hydrogen-bond acceptors (Lipinski definition) is 4. The molecule has 5 nitrogen and oxygen atoms in total. The first kappa shape index (κ1) is 16.1. The van der Waals surface area contributed by atoms with Gasteiger partial charge in [-0.1, -0.05) is 30.3 Å². The molecule has 0 aliphatic rings. The average molecular weight is 324 g/mol. The van der Waals surface area contributed by atoms with E-state index in [1.165, 1.54) is 7.11 Å². The molecule has 0 amide bonds. The summed E-state index contributed by atoms with van der Waals surface area (Å²) in [6.45, 7) is 0.679. The number of benzene rings is 2. The smallest absolute Gasteiger partial charge is 0.314 e. The Balaban J connectivity index is 1.86. The Morgan fingerprint density at radius 2 is 2.00 bits per heavy atom. The van der Waals surface area contributed by atoms with Crippen molar-refractivity contribution in [3.63, 3.8) is 0 Å². The molecule has 1 heterocycles. The SMILES string of the molecule is COC(=O)C(CN)c1c[nH]c2ccc(OCc3ccccc3)cc12. The monoisotopic (exact) mass is 324 g/mol. The number of aromatic nitrogens is 1. The van der Waals surface area contributed by atoms with Crippen LogP contribution in [0.5, 0.6) is 5.75 Å². The van der Waals surface area contributed by atoms with Crippen molar-refractivity contribution in [2.75, 3.05) is 13.7 Å². The maximum absolute atomic E-state index is 11.9. The first-order valence-corrected chi connectivity index (χ1v) is 7.78. The van der Waals surface area contributed by atoms with Crippen molar-refractivity contribution < 1.29 is 14.3 Å². The van der Waals surface area contributed by atoms with Crippen molar-refractivity contribution in [3.05, 3.63) is 65.9 Å². The van der Waals surface area contributed by atoms with Gasteiger partial charge in [-0.15, -0.1) is 0 Å². The highest BCUT2D eigenvalue weighted by Gasteiger charge is 2.23. The summed E-state index contributed by atoms with van der Waals surface area (Å²) in [7, 11) is 1.37. The summed E-state index contributed by atoms with van der Waals surface area (Å²) in [5, 5.41) is 0.918. The van der Waals surface area contributed by atoms with Gasteiger partial charge < -0.3 is 20.2 Å². The number of H-pyrrole nitrogens is 1. The summed E-state index contributed by atoms with van der Waals surface area (Å²) < 4.78 is 10.7. The second-order valence-electron chi connectivity index (χ2n) is 5.54. The minimum atomic E-state index is -0.492. The summed E-state index contributed by atoms with van der Waals surface area (Å²) >= 11 is 0. The molecule has 0 aliphatic heterocycles. The lowest BCUT2D eigenvalue weighted by molar-refractivity contribution is -0.142. The third kappa shape index (κ3) is 3.26. The van der Waals surface area contributed by atoms with Crippen LogP contribution in [-0.4, -0.2) is 24.6 Å². The predicted octanol–water partition coefficient (Wildman–Crippen LogP) is 2.96. The van der Waals surface area contributed by atoms with E-state index in [0.717, 1.165) is 27.8 Å². The number of carbonyl (C=O) groups is 1. The van der Waals surface area contributed by atoms with Crippen molar-refractivity contribution in [2.24, 2.45) is 5.73 Å². The highest BCUT2D eigenvalue weighted by Crippen LogP contribution is 2.29. The molecule has 124 valence electrons. The lowest BCUT2D eigenvalue weighted by atomic mass is 9.98. The number of nitrogens with one attached hydrogen (secondary N) is 1. The van der Waals surface area contributed by atoms with Gasteiger partial charge in [0, 0.05) is 23.6 Å². The topological polar surface area (TPSA) is 77.3 Å². The third-order valence-electron chi connectivity index (χ3n) is 4.03. The van der Waals surface area contributed by atoms with Crippen molar-refractivity contribution in [1.82, 2.24) is 4.98 Å².